The zero-order chi connectivity index (χ0) is 21.3. The fourth-order valence-corrected chi connectivity index (χ4v) is 4.83. The maximum atomic E-state index is 12.6. The molecular weight excluding hydrogens is 424 g/mol. The summed E-state index contributed by atoms with van der Waals surface area (Å²) in [4.78, 5) is 32.2. The van der Waals surface area contributed by atoms with Gasteiger partial charge in [0.05, 0.1) is 21.6 Å². The maximum Gasteiger partial charge on any atom is 0.314 e. The van der Waals surface area contributed by atoms with E-state index in [1.165, 1.54) is 35.1 Å². The first-order chi connectivity index (χ1) is 14.3. The van der Waals surface area contributed by atoms with E-state index in [2.05, 4.69) is 19.7 Å². The molecule has 0 saturated heterocycles. The second-order valence-electron chi connectivity index (χ2n) is 6.77. The van der Waals surface area contributed by atoms with Crippen molar-refractivity contribution in [2.45, 2.75) is 18.2 Å². The molecule has 0 aliphatic heterocycles. The number of nitrogens with one attached hydrogen (secondary N) is 3. The van der Waals surface area contributed by atoms with Crippen molar-refractivity contribution < 1.29 is 8.42 Å². The third-order valence-corrected chi connectivity index (χ3v) is 6.93. The number of thiazole rings is 1. The van der Waals surface area contributed by atoms with Crippen LogP contribution >= 0.6 is 11.3 Å². The van der Waals surface area contributed by atoms with Crippen molar-refractivity contribution in [3.63, 3.8) is 0 Å². The molecule has 30 heavy (non-hydrogen) atoms. The minimum atomic E-state index is -3.78. The molecule has 0 atom stereocenters. The van der Waals surface area contributed by atoms with E-state index >= 15 is 0 Å². The number of sulfonamides is 1. The van der Waals surface area contributed by atoms with E-state index < -0.39 is 21.1 Å². The van der Waals surface area contributed by atoms with Crippen LogP contribution in [0.2, 0.25) is 0 Å². The molecule has 0 unspecified atom stereocenters. The number of rotatable bonds is 6. The van der Waals surface area contributed by atoms with E-state index in [0.29, 0.717) is 11.9 Å². The second-order valence-corrected chi connectivity index (χ2v) is 9.40. The predicted octanol–water partition coefficient (Wildman–Crippen LogP) is 2.17. The van der Waals surface area contributed by atoms with Crippen LogP contribution in [0.1, 0.15) is 11.3 Å². The van der Waals surface area contributed by atoms with Crippen molar-refractivity contribution in [3.05, 3.63) is 79.8 Å². The monoisotopic (exact) mass is 442 g/mol. The van der Waals surface area contributed by atoms with Crippen LogP contribution in [0.15, 0.2) is 62.3 Å². The largest absolute Gasteiger partial charge is 0.316 e. The molecule has 154 valence electrons. The summed E-state index contributed by atoms with van der Waals surface area (Å²) >= 11 is 1.52. The van der Waals surface area contributed by atoms with Gasteiger partial charge >= 0.3 is 11.1 Å². The molecule has 0 aliphatic carbocycles. The Labute approximate surface area is 175 Å². The lowest BCUT2D eigenvalue weighted by Crippen LogP contribution is -2.29. The smallest absolute Gasteiger partial charge is 0.314 e. The van der Waals surface area contributed by atoms with Gasteiger partial charge in [-0.3, -0.25) is 9.59 Å². The average Bonchev–Trinajstić information content (AvgIpc) is 3.18. The third kappa shape index (κ3) is 4.25. The van der Waals surface area contributed by atoms with E-state index in [1.807, 2.05) is 36.6 Å². The summed E-state index contributed by atoms with van der Waals surface area (Å²) in [7, 11) is -3.78. The van der Waals surface area contributed by atoms with E-state index in [4.69, 9.17) is 0 Å². The fourth-order valence-electron chi connectivity index (χ4n) is 2.91. The molecule has 4 rings (SSSR count). The Balaban J connectivity index is 1.45. The molecule has 10 heteroatoms. The maximum absolute atomic E-state index is 12.6. The molecule has 0 fully saturated rings. The second kappa shape index (κ2) is 7.98. The first-order valence-corrected chi connectivity index (χ1v) is 11.5. The SMILES string of the molecule is Cc1ccc(-c2nc(CCNS(=O)(=O)c3ccc4[nH]c(=O)c(=O)[nH]c4c3)cs2)cc1. The molecule has 4 aromatic rings. The summed E-state index contributed by atoms with van der Waals surface area (Å²) in [6.07, 6.45) is 0.444. The first-order valence-electron chi connectivity index (χ1n) is 9.09. The van der Waals surface area contributed by atoms with Gasteiger partial charge in [0.15, 0.2) is 0 Å². The van der Waals surface area contributed by atoms with Crippen molar-refractivity contribution in [2.24, 2.45) is 0 Å². The minimum absolute atomic E-state index is 0.00341. The van der Waals surface area contributed by atoms with Crippen LogP contribution in [0.4, 0.5) is 0 Å². The Morgan fingerprint density at radius 2 is 1.70 bits per heavy atom. The van der Waals surface area contributed by atoms with Crippen molar-refractivity contribution >= 4 is 32.4 Å². The molecule has 0 spiro atoms. The van der Waals surface area contributed by atoms with Gasteiger partial charge in [-0.15, -0.1) is 11.3 Å². The molecule has 0 radical (unpaired) electrons. The molecule has 0 amide bonds. The highest BCUT2D eigenvalue weighted by atomic mass is 32.2. The van der Waals surface area contributed by atoms with Crippen molar-refractivity contribution in [1.82, 2.24) is 19.7 Å². The Bertz CT molecular complexity index is 1430. The van der Waals surface area contributed by atoms with Gasteiger partial charge < -0.3 is 9.97 Å². The number of fused-ring (bicyclic) bond motifs is 1. The molecule has 0 bridgehead atoms. The lowest BCUT2D eigenvalue weighted by molar-refractivity contribution is 0.581. The molecule has 2 heterocycles. The Hall–Kier alpha value is -3.08. The van der Waals surface area contributed by atoms with Gasteiger partial charge in [-0.25, -0.2) is 18.1 Å². The van der Waals surface area contributed by atoms with Gasteiger partial charge in [0.2, 0.25) is 10.0 Å². The number of hydrogen-bond donors (Lipinski definition) is 3. The molecule has 0 aliphatic rings. The molecule has 8 nitrogen and oxygen atoms in total. The van der Waals surface area contributed by atoms with Gasteiger partial charge in [0.25, 0.3) is 0 Å². The highest BCUT2D eigenvalue weighted by Crippen LogP contribution is 2.24. The Kier molecular flexibility index (Phi) is 5.37. The summed E-state index contributed by atoms with van der Waals surface area (Å²) < 4.78 is 27.7. The number of aryl methyl sites for hydroxylation is 1. The Morgan fingerprint density at radius 3 is 2.43 bits per heavy atom. The number of aromatic amines is 2. The highest BCUT2D eigenvalue weighted by Gasteiger charge is 2.15. The zero-order valence-corrected chi connectivity index (χ0v) is 17.6. The van der Waals surface area contributed by atoms with Crippen LogP contribution in [0.3, 0.4) is 0 Å². The van der Waals surface area contributed by atoms with Crippen LogP contribution < -0.4 is 15.8 Å². The van der Waals surface area contributed by atoms with Crippen molar-refractivity contribution in [3.8, 4) is 10.6 Å². The van der Waals surface area contributed by atoms with Gasteiger partial charge in [-0.1, -0.05) is 29.8 Å². The first kappa shape index (κ1) is 20.2. The minimum Gasteiger partial charge on any atom is -0.316 e. The topological polar surface area (TPSA) is 125 Å². The molecule has 2 aromatic carbocycles. The van der Waals surface area contributed by atoms with Crippen LogP contribution in [-0.2, 0) is 16.4 Å². The average molecular weight is 443 g/mol. The van der Waals surface area contributed by atoms with Crippen LogP contribution in [0.5, 0.6) is 0 Å². The normalized spacial score (nSPS) is 11.8. The van der Waals surface area contributed by atoms with Crippen molar-refractivity contribution in [2.75, 3.05) is 6.54 Å². The van der Waals surface area contributed by atoms with Crippen LogP contribution in [0, 0.1) is 6.92 Å². The van der Waals surface area contributed by atoms with Crippen molar-refractivity contribution in [1.29, 1.82) is 0 Å². The number of aromatic nitrogens is 3. The standard InChI is InChI=1S/C20H18N4O4S2/c1-12-2-4-13(5-3-12)20-22-14(11-29-20)8-9-21-30(27,28)15-6-7-16-17(10-15)24-19(26)18(25)23-16/h2-7,10-11,21H,8-9H2,1H3,(H,23,25)(H,24,26). The highest BCUT2D eigenvalue weighted by molar-refractivity contribution is 7.89. The fraction of sp³-hybridized carbons (Fsp3) is 0.150. The lowest BCUT2D eigenvalue weighted by atomic mass is 10.2. The summed E-state index contributed by atoms with van der Waals surface area (Å²) in [5.74, 6) is 0. The van der Waals surface area contributed by atoms with E-state index in [1.54, 1.807) is 0 Å². The van der Waals surface area contributed by atoms with Gasteiger partial charge in [0.1, 0.15) is 5.01 Å². The molecule has 0 saturated carbocycles. The molecular formula is C20H18N4O4S2. The van der Waals surface area contributed by atoms with E-state index in [0.717, 1.165) is 16.3 Å². The number of H-pyrrole nitrogens is 2. The van der Waals surface area contributed by atoms with Crippen LogP contribution in [-0.4, -0.2) is 29.9 Å². The zero-order valence-electron chi connectivity index (χ0n) is 15.9. The van der Waals surface area contributed by atoms with Crippen LogP contribution in [0.25, 0.3) is 21.6 Å². The van der Waals surface area contributed by atoms with E-state index in [-0.39, 0.29) is 17.0 Å². The lowest BCUT2D eigenvalue weighted by Gasteiger charge is -2.07. The number of nitrogens with zero attached hydrogens (tertiary/aromatic N) is 1. The van der Waals surface area contributed by atoms with Gasteiger partial charge in [0, 0.05) is 23.9 Å². The van der Waals surface area contributed by atoms with Gasteiger partial charge in [-0.05, 0) is 25.1 Å². The molecule has 2 aromatic heterocycles. The Morgan fingerprint density at radius 1 is 1.00 bits per heavy atom. The quantitative estimate of drug-likeness (QED) is 0.395. The summed E-state index contributed by atoms with van der Waals surface area (Å²) in [5.41, 5.74) is 1.98. The number of benzene rings is 2. The van der Waals surface area contributed by atoms with E-state index in [9.17, 15) is 18.0 Å². The summed E-state index contributed by atoms with van der Waals surface area (Å²) in [6, 6.07) is 12.2. The predicted molar refractivity (Wildman–Crippen MR) is 116 cm³/mol. The third-order valence-electron chi connectivity index (χ3n) is 4.53. The summed E-state index contributed by atoms with van der Waals surface area (Å²) in [6.45, 7) is 2.20. The molecule has 3 N–H and O–H groups in total. The summed E-state index contributed by atoms with van der Waals surface area (Å²) in [5, 5.41) is 2.81. The number of hydrogen-bond acceptors (Lipinski definition) is 6. The van der Waals surface area contributed by atoms with Gasteiger partial charge in [-0.2, -0.15) is 0 Å².